The van der Waals surface area contributed by atoms with Gasteiger partial charge in [-0.05, 0) is 69.6 Å². The maximum Gasteiger partial charge on any atom is 0.349 e. The molecule has 0 spiro atoms. The van der Waals surface area contributed by atoms with Crippen LogP contribution >= 0.6 is 11.8 Å². The first-order chi connectivity index (χ1) is 22.1. The van der Waals surface area contributed by atoms with E-state index < -0.39 is 36.1 Å². The van der Waals surface area contributed by atoms with Crippen molar-refractivity contribution in [2.45, 2.75) is 35.0 Å². The molecule has 1 aliphatic rings. The van der Waals surface area contributed by atoms with Crippen molar-refractivity contribution >= 4 is 47.0 Å². The van der Waals surface area contributed by atoms with Crippen LogP contribution in [0.4, 0.5) is 11.4 Å². The van der Waals surface area contributed by atoms with Crippen molar-refractivity contribution in [3.63, 3.8) is 0 Å². The molecule has 1 heterocycles. The Bertz CT molecular complexity index is 1550. The number of carbonyl (C=O) groups excluding carboxylic acids is 2. The van der Waals surface area contributed by atoms with E-state index in [0.717, 1.165) is 6.54 Å². The summed E-state index contributed by atoms with van der Waals surface area (Å²) in [7, 11) is 4.28. The molecular weight excluding hydrogens is 608 g/mol. The van der Waals surface area contributed by atoms with Crippen LogP contribution in [0.1, 0.15) is 27.6 Å². The van der Waals surface area contributed by atoms with E-state index in [1.54, 1.807) is 12.1 Å². The summed E-state index contributed by atoms with van der Waals surface area (Å²) in [4.78, 5) is 54.3. The largest absolute Gasteiger partial charge is 0.478 e. The Morgan fingerprint density at radius 2 is 1.02 bits per heavy atom. The molecule has 0 fully saturated rings. The van der Waals surface area contributed by atoms with Crippen LogP contribution in [-0.4, -0.2) is 77.9 Å². The Morgan fingerprint density at radius 3 is 1.39 bits per heavy atom. The van der Waals surface area contributed by atoms with Crippen molar-refractivity contribution in [2.24, 2.45) is 0 Å². The van der Waals surface area contributed by atoms with Crippen molar-refractivity contribution < 1.29 is 38.9 Å². The van der Waals surface area contributed by atoms with Gasteiger partial charge in [0.15, 0.2) is 0 Å². The molecule has 2 N–H and O–H groups in total. The fourth-order valence-electron chi connectivity index (χ4n) is 4.40. The second kappa shape index (κ2) is 15.7. The van der Waals surface area contributed by atoms with Gasteiger partial charge in [-0.3, -0.25) is 0 Å². The Balaban J connectivity index is 0.000000215. The molecule has 0 saturated carbocycles. The minimum absolute atomic E-state index is 0.0253. The highest BCUT2D eigenvalue weighted by Crippen LogP contribution is 2.47. The maximum atomic E-state index is 12.0. The number of fused-ring (bicyclic) bond motifs is 2. The minimum Gasteiger partial charge on any atom is -0.478 e. The lowest BCUT2D eigenvalue weighted by atomic mass is 10.1. The molecule has 3 atom stereocenters. The third-order valence-electron chi connectivity index (χ3n) is 7.11. The lowest BCUT2D eigenvalue weighted by Gasteiger charge is -2.36. The Morgan fingerprint density at radius 1 is 0.652 bits per heavy atom. The van der Waals surface area contributed by atoms with Crippen molar-refractivity contribution in [2.75, 3.05) is 25.5 Å². The third kappa shape index (κ3) is 8.52. The van der Waals surface area contributed by atoms with E-state index in [9.17, 15) is 29.4 Å². The number of likely N-dealkylation sites (N-methyl/N-ethyl adjacent to an activating group) is 1. The SMILES string of the molecule is CC(CN1c2ccccc2Sc2ccccc21)N(C)C.O=C(O[C@H](C(=O)O)[C@H](OC(=O)c1ccccc1)C(=O)O)c1ccccc1. The summed E-state index contributed by atoms with van der Waals surface area (Å²) in [6.07, 6.45) is -4.43. The number of nitrogens with zero attached hydrogens (tertiary/aromatic N) is 2. The van der Waals surface area contributed by atoms with E-state index >= 15 is 0 Å². The van der Waals surface area contributed by atoms with Gasteiger partial charge in [-0.2, -0.15) is 0 Å². The van der Waals surface area contributed by atoms with Crippen molar-refractivity contribution in [1.29, 1.82) is 0 Å². The van der Waals surface area contributed by atoms with E-state index in [2.05, 4.69) is 79.3 Å². The number of hydrogen-bond acceptors (Lipinski definition) is 9. The molecule has 4 aromatic carbocycles. The van der Waals surface area contributed by atoms with Gasteiger partial charge >= 0.3 is 23.9 Å². The number of benzene rings is 4. The van der Waals surface area contributed by atoms with Crippen molar-refractivity contribution in [3.05, 3.63) is 120 Å². The van der Waals surface area contributed by atoms with Gasteiger partial charge in [-0.1, -0.05) is 72.4 Å². The first-order valence-corrected chi connectivity index (χ1v) is 15.2. The Kier molecular flexibility index (Phi) is 11.5. The molecule has 0 bridgehead atoms. The molecule has 238 valence electrons. The van der Waals surface area contributed by atoms with Gasteiger partial charge in [0, 0.05) is 22.4 Å². The number of hydrogen-bond donors (Lipinski definition) is 2. The van der Waals surface area contributed by atoms with Crippen LogP contribution in [0.5, 0.6) is 0 Å². The lowest BCUT2D eigenvalue weighted by molar-refractivity contribution is -0.166. The number of anilines is 2. The van der Waals surface area contributed by atoms with Gasteiger partial charge in [0.2, 0.25) is 12.2 Å². The van der Waals surface area contributed by atoms with Gasteiger partial charge in [0.05, 0.1) is 22.5 Å². The topological polar surface area (TPSA) is 134 Å². The number of esters is 2. The van der Waals surface area contributed by atoms with Gasteiger partial charge in [0.1, 0.15) is 0 Å². The van der Waals surface area contributed by atoms with Crippen LogP contribution in [0.15, 0.2) is 119 Å². The van der Waals surface area contributed by atoms with Crippen molar-refractivity contribution in [1.82, 2.24) is 4.90 Å². The second-order valence-corrected chi connectivity index (χ2v) is 11.6. The standard InChI is InChI=1S/C18H14O8.C17H20N2S/c19-15(20)13(25-17(23)11-7-3-1-4-8-11)14(16(21)22)26-18(24)12-9-5-2-6-10-12;1-13(18(2)3)12-19-14-8-4-6-10-16(14)20-17-11-7-5-9-15(17)19/h1-10,13-14H,(H,19,20)(H,21,22);4-11,13H,12H2,1-3H3/t13-,14-;/m0./s1. The number of aliphatic carboxylic acids is 2. The fourth-order valence-corrected chi connectivity index (χ4v) is 5.50. The Labute approximate surface area is 271 Å². The summed E-state index contributed by atoms with van der Waals surface area (Å²) in [6.45, 7) is 3.27. The summed E-state index contributed by atoms with van der Waals surface area (Å²) in [5.74, 6) is -5.63. The number of rotatable bonds is 10. The van der Waals surface area contributed by atoms with E-state index in [1.807, 2.05) is 11.8 Å². The normalized spacial score (nSPS) is 13.5. The molecule has 0 radical (unpaired) electrons. The summed E-state index contributed by atoms with van der Waals surface area (Å²) >= 11 is 1.87. The van der Waals surface area contributed by atoms with Crippen LogP contribution in [0.3, 0.4) is 0 Å². The van der Waals surface area contributed by atoms with Gasteiger partial charge < -0.3 is 29.5 Å². The summed E-state index contributed by atoms with van der Waals surface area (Å²) in [6, 6.07) is 32.7. The molecule has 0 saturated heterocycles. The van der Waals surface area contributed by atoms with Crippen LogP contribution in [-0.2, 0) is 19.1 Å². The quantitative estimate of drug-likeness (QED) is 0.202. The number of carboxylic acids is 2. The summed E-state index contributed by atoms with van der Waals surface area (Å²) < 4.78 is 9.52. The van der Waals surface area contributed by atoms with Crippen LogP contribution in [0.25, 0.3) is 0 Å². The molecule has 5 rings (SSSR count). The van der Waals surface area contributed by atoms with Gasteiger partial charge in [-0.25, -0.2) is 19.2 Å². The third-order valence-corrected chi connectivity index (χ3v) is 8.24. The van der Waals surface area contributed by atoms with Crippen LogP contribution < -0.4 is 4.90 Å². The monoisotopic (exact) mass is 642 g/mol. The highest BCUT2D eigenvalue weighted by atomic mass is 32.2. The zero-order valence-electron chi connectivity index (χ0n) is 25.5. The van der Waals surface area contributed by atoms with Gasteiger partial charge in [0.25, 0.3) is 0 Å². The molecule has 0 aromatic heterocycles. The first-order valence-electron chi connectivity index (χ1n) is 14.3. The zero-order valence-corrected chi connectivity index (χ0v) is 26.3. The molecule has 10 nitrogen and oxygen atoms in total. The second-order valence-electron chi connectivity index (χ2n) is 10.5. The molecular formula is C35H34N2O8S. The number of carbonyl (C=O) groups is 4. The van der Waals surface area contributed by atoms with Crippen LogP contribution in [0.2, 0.25) is 0 Å². The van der Waals surface area contributed by atoms with Crippen molar-refractivity contribution in [3.8, 4) is 0 Å². The highest BCUT2D eigenvalue weighted by Gasteiger charge is 2.41. The van der Waals surface area contributed by atoms with Crippen LogP contribution in [0, 0.1) is 0 Å². The smallest absolute Gasteiger partial charge is 0.349 e. The molecule has 1 unspecified atom stereocenters. The van der Waals surface area contributed by atoms with E-state index in [4.69, 9.17) is 9.47 Å². The number of para-hydroxylation sites is 2. The summed E-state index contributed by atoms with van der Waals surface area (Å²) in [5.41, 5.74) is 2.70. The van der Waals surface area contributed by atoms with E-state index in [-0.39, 0.29) is 11.1 Å². The predicted molar refractivity (Wildman–Crippen MR) is 174 cm³/mol. The maximum absolute atomic E-state index is 12.0. The average Bonchev–Trinajstić information content (AvgIpc) is 3.06. The van der Waals surface area contributed by atoms with E-state index in [1.165, 1.54) is 69.7 Å². The number of carboxylic acid groups (broad SMARTS) is 2. The Hall–Kier alpha value is -5.13. The lowest BCUT2D eigenvalue weighted by Crippen LogP contribution is -2.45. The molecule has 0 aliphatic carbocycles. The zero-order chi connectivity index (χ0) is 33.2. The predicted octanol–water partition coefficient (Wildman–Crippen LogP) is 5.85. The number of ether oxygens (including phenoxy) is 2. The minimum atomic E-state index is -2.21. The summed E-state index contributed by atoms with van der Waals surface area (Å²) in [5, 5.41) is 18.5. The van der Waals surface area contributed by atoms with Gasteiger partial charge in [-0.15, -0.1) is 0 Å². The molecule has 4 aromatic rings. The molecule has 0 amide bonds. The van der Waals surface area contributed by atoms with E-state index in [0.29, 0.717) is 6.04 Å². The molecule has 11 heteroatoms. The first kappa shape index (κ1) is 33.8. The average molecular weight is 643 g/mol. The molecule has 1 aliphatic heterocycles. The molecule has 46 heavy (non-hydrogen) atoms. The fraction of sp³-hybridized carbons (Fsp3) is 0.200. The highest BCUT2D eigenvalue weighted by molar-refractivity contribution is 7.99.